The molecule has 2 N–H and O–H groups in total. The molecule has 0 saturated heterocycles. The van der Waals surface area contributed by atoms with Crippen LogP contribution in [0.15, 0.2) is 42.6 Å². The fourth-order valence-corrected chi connectivity index (χ4v) is 2.74. The molecule has 0 fully saturated rings. The maximum atomic E-state index is 11.1. The molecule has 5 nitrogen and oxygen atoms in total. The second kappa shape index (κ2) is 7.51. The summed E-state index contributed by atoms with van der Waals surface area (Å²) in [5, 5.41) is 6.27. The zero-order valence-corrected chi connectivity index (χ0v) is 13.5. The Bertz CT molecular complexity index is 750. The van der Waals surface area contributed by atoms with Gasteiger partial charge in [0.15, 0.2) is 0 Å². The van der Waals surface area contributed by atoms with Crippen molar-refractivity contribution in [2.45, 2.75) is 25.8 Å². The average Bonchev–Trinajstić information content (AvgIpc) is 2.99. The molecular weight excluding hydrogens is 302 g/mol. The summed E-state index contributed by atoms with van der Waals surface area (Å²) in [6.45, 7) is 2.06. The topological polar surface area (TPSA) is 63.2 Å². The Hall–Kier alpha value is -3.00. The van der Waals surface area contributed by atoms with Gasteiger partial charge < -0.3 is 15.4 Å². The van der Waals surface area contributed by atoms with Crippen LogP contribution in [0, 0.1) is 12.0 Å². The van der Waals surface area contributed by atoms with E-state index in [0.29, 0.717) is 12.6 Å². The lowest BCUT2D eigenvalue weighted by atomic mass is 10.1. The van der Waals surface area contributed by atoms with Crippen LogP contribution in [-0.4, -0.2) is 23.6 Å². The van der Waals surface area contributed by atoms with Crippen molar-refractivity contribution in [3.05, 3.63) is 53.7 Å². The number of rotatable bonds is 4. The Morgan fingerprint density at radius 1 is 1.25 bits per heavy atom. The van der Waals surface area contributed by atoms with E-state index in [1.807, 2.05) is 12.1 Å². The van der Waals surface area contributed by atoms with Crippen LogP contribution in [0.1, 0.15) is 18.1 Å². The van der Waals surface area contributed by atoms with Gasteiger partial charge in [-0.3, -0.25) is 0 Å². The number of hydrogen-bond acceptors (Lipinski definition) is 5. The third kappa shape index (κ3) is 4.05. The van der Waals surface area contributed by atoms with Gasteiger partial charge in [0.2, 0.25) is 0 Å². The molecule has 0 amide bonds. The van der Waals surface area contributed by atoms with E-state index in [1.165, 1.54) is 11.1 Å². The van der Waals surface area contributed by atoms with E-state index in [0.717, 1.165) is 24.3 Å². The summed E-state index contributed by atoms with van der Waals surface area (Å²) in [6.07, 6.45) is 3.72. The highest BCUT2D eigenvalue weighted by atomic mass is 16.5. The van der Waals surface area contributed by atoms with Gasteiger partial charge in [0.1, 0.15) is 5.82 Å². The van der Waals surface area contributed by atoms with E-state index in [4.69, 9.17) is 4.74 Å². The maximum Gasteiger partial charge on any atom is 0.386 e. The van der Waals surface area contributed by atoms with Crippen LogP contribution in [0.5, 0.6) is 0 Å². The number of hydrogen-bond donors (Lipinski definition) is 2. The molecule has 3 rings (SSSR count). The van der Waals surface area contributed by atoms with Crippen molar-refractivity contribution < 1.29 is 9.53 Å². The summed E-state index contributed by atoms with van der Waals surface area (Å²) in [6, 6.07) is 15.2. The minimum Gasteiger partial charge on any atom is -0.456 e. The van der Waals surface area contributed by atoms with Gasteiger partial charge in [-0.15, -0.1) is 0 Å². The first kappa shape index (κ1) is 15.9. The first-order valence-electron chi connectivity index (χ1n) is 7.97. The van der Waals surface area contributed by atoms with Crippen molar-refractivity contribution >= 4 is 17.5 Å². The van der Waals surface area contributed by atoms with Crippen LogP contribution in [0.4, 0.5) is 11.5 Å². The predicted molar refractivity (Wildman–Crippen MR) is 93.5 cm³/mol. The number of aromatic nitrogens is 1. The molecule has 0 unspecified atom stereocenters. The second-order valence-electron chi connectivity index (χ2n) is 5.55. The number of esters is 1. The summed E-state index contributed by atoms with van der Waals surface area (Å²) in [7, 11) is 0. The standard InChI is InChI=1S/C19H19N3O2/c1-2-24-19(23)9-10-20-16-7-8-18(21-13-16)22-17-11-14-5-3-4-6-15(14)12-17/h3-8,13,17,20H,2,11-12H2,1H3,(H,21,22). The Kier molecular flexibility index (Phi) is 4.97. The summed E-state index contributed by atoms with van der Waals surface area (Å²) in [5.74, 6) is 2.64. The molecule has 2 aromatic rings. The second-order valence-corrected chi connectivity index (χ2v) is 5.55. The number of pyridine rings is 1. The highest BCUT2D eigenvalue weighted by Crippen LogP contribution is 2.24. The highest BCUT2D eigenvalue weighted by molar-refractivity contribution is 5.88. The SMILES string of the molecule is CCOC(=O)C#CNc1ccc(NC2Cc3ccccc3C2)nc1. The van der Waals surface area contributed by atoms with E-state index in [1.54, 1.807) is 13.1 Å². The molecule has 1 aliphatic carbocycles. The van der Waals surface area contributed by atoms with Crippen LogP contribution in [-0.2, 0) is 22.4 Å². The lowest BCUT2D eigenvalue weighted by molar-refractivity contribution is -0.136. The predicted octanol–water partition coefficient (Wildman–Crippen LogP) is 2.60. The largest absolute Gasteiger partial charge is 0.456 e. The van der Waals surface area contributed by atoms with Gasteiger partial charge in [-0.2, -0.15) is 0 Å². The molecule has 5 heteroatoms. The molecule has 0 spiro atoms. The van der Waals surface area contributed by atoms with Gasteiger partial charge in [0.05, 0.1) is 18.5 Å². The molecule has 1 heterocycles. The lowest BCUT2D eigenvalue weighted by Gasteiger charge is -2.12. The van der Waals surface area contributed by atoms with Gasteiger partial charge in [0, 0.05) is 18.0 Å². The van der Waals surface area contributed by atoms with Gasteiger partial charge >= 0.3 is 5.97 Å². The molecule has 1 aliphatic rings. The quantitative estimate of drug-likeness (QED) is 0.515. The first-order chi connectivity index (χ1) is 11.7. The van der Waals surface area contributed by atoms with Crippen LogP contribution in [0.3, 0.4) is 0 Å². The zero-order chi connectivity index (χ0) is 16.8. The van der Waals surface area contributed by atoms with Crippen molar-refractivity contribution in [3.8, 4) is 12.0 Å². The number of anilines is 2. The molecule has 0 atom stereocenters. The smallest absolute Gasteiger partial charge is 0.386 e. The molecule has 1 aromatic carbocycles. The number of carbonyl (C=O) groups excluding carboxylic acids is 1. The fraction of sp³-hybridized carbons (Fsp3) is 0.263. The van der Waals surface area contributed by atoms with Crippen LogP contribution >= 0.6 is 0 Å². The molecule has 24 heavy (non-hydrogen) atoms. The number of benzene rings is 1. The third-order valence-corrected chi connectivity index (χ3v) is 3.81. The van der Waals surface area contributed by atoms with E-state index in [2.05, 4.69) is 51.8 Å². The maximum absolute atomic E-state index is 11.1. The average molecular weight is 321 g/mol. The van der Waals surface area contributed by atoms with Crippen LogP contribution in [0.25, 0.3) is 0 Å². The van der Waals surface area contributed by atoms with Crippen LogP contribution in [0.2, 0.25) is 0 Å². The Morgan fingerprint density at radius 3 is 2.62 bits per heavy atom. The summed E-state index contributed by atoms with van der Waals surface area (Å²) in [5.41, 5.74) is 3.54. The Morgan fingerprint density at radius 2 is 2.00 bits per heavy atom. The van der Waals surface area contributed by atoms with E-state index in [-0.39, 0.29) is 0 Å². The molecule has 122 valence electrons. The monoisotopic (exact) mass is 321 g/mol. The number of carbonyl (C=O) groups is 1. The zero-order valence-electron chi connectivity index (χ0n) is 13.5. The Balaban J connectivity index is 1.53. The highest BCUT2D eigenvalue weighted by Gasteiger charge is 2.20. The molecule has 0 radical (unpaired) electrons. The van der Waals surface area contributed by atoms with Crippen molar-refractivity contribution in [1.29, 1.82) is 0 Å². The van der Waals surface area contributed by atoms with Gasteiger partial charge in [-0.1, -0.05) is 24.3 Å². The normalized spacial score (nSPS) is 12.7. The van der Waals surface area contributed by atoms with Gasteiger partial charge in [-0.25, -0.2) is 9.78 Å². The van der Waals surface area contributed by atoms with E-state index >= 15 is 0 Å². The minimum absolute atomic E-state index is 0.320. The molecule has 1 aromatic heterocycles. The first-order valence-corrected chi connectivity index (χ1v) is 7.97. The minimum atomic E-state index is -0.544. The molecular formula is C19H19N3O2. The number of nitrogens with one attached hydrogen (secondary N) is 2. The van der Waals surface area contributed by atoms with E-state index in [9.17, 15) is 4.79 Å². The lowest BCUT2D eigenvalue weighted by Crippen LogP contribution is -2.20. The van der Waals surface area contributed by atoms with Crippen molar-refractivity contribution in [3.63, 3.8) is 0 Å². The molecule has 0 aliphatic heterocycles. The van der Waals surface area contributed by atoms with E-state index < -0.39 is 5.97 Å². The summed E-state index contributed by atoms with van der Waals surface area (Å²) >= 11 is 0. The molecule has 0 bridgehead atoms. The molecule has 0 saturated carbocycles. The third-order valence-electron chi connectivity index (χ3n) is 3.81. The number of nitrogens with zero attached hydrogens (tertiary/aromatic N) is 1. The van der Waals surface area contributed by atoms with Crippen LogP contribution < -0.4 is 10.6 Å². The van der Waals surface area contributed by atoms with Gasteiger partial charge in [0.25, 0.3) is 0 Å². The Labute approximate surface area is 141 Å². The van der Waals surface area contributed by atoms with Crippen molar-refractivity contribution in [2.24, 2.45) is 0 Å². The van der Waals surface area contributed by atoms with Crippen molar-refractivity contribution in [1.82, 2.24) is 4.98 Å². The summed E-state index contributed by atoms with van der Waals surface area (Å²) in [4.78, 5) is 15.5. The van der Waals surface area contributed by atoms with Gasteiger partial charge in [-0.05, 0) is 43.0 Å². The fourth-order valence-electron chi connectivity index (χ4n) is 2.74. The van der Waals surface area contributed by atoms with Crippen molar-refractivity contribution in [2.75, 3.05) is 17.2 Å². The number of ether oxygens (including phenoxy) is 1. The summed E-state index contributed by atoms with van der Waals surface area (Å²) < 4.78 is 4.72. The number of fused-ring (bicyclic) bond motifs is 1.